The zero-order chi connectivity index (χ0) is 16.7. The first-order chi connectivity index (χ1) is 11.0. The number of ether oxygens (including phenoxy) is 1. The number of benzene rings is 1. The molecule has 0 fully saturated rings. The van der Waals surface area contributed by atoms with E-state index in [1.807, 2.05) is 12.1 Å². The van der Waals surface area contributed by atoms with Gasteiger partial charge in [-0.05, 0) is 23.3 Å². The van der Waals surface area contributed by atoms with E-state index in [1.54, 1.807) is 24.3 Å². The van der Waals surface area contributed by atoms with Gasteiger partial charge in [-0.25, -0.2) is 0 Å². The Balaban J connectivity index is 1.88. The van der Waals surface area contributed by atoms with Crippen molar-refractivity contribution in [2.24, 2.45) is 0 Å². The second-order valence-corrected chi connectivity index (χ2v) is 4.70. The average molecular weight is 322 g/mol. The number of rotatable bonds is 6. The van der Waals surface area contributed by atoms with E-state index in [1.165, 1.54) is 6.07 Å². The zero-order valence-corrected chi connectivity index (χ0v) is 12.0. The first kappa shape index (κ1) is 16.7. The van der Waals surface area contributed by atoms with Crippen LogP contribution < -0.4 is 5.32 Å². The number of nitriles is 1. The van der Waals surface area contributed by atoms with Crippen molar-refractivity contribution >= 4 is 5.82 Å². The van der Waals surface area contributed by atoms with Crippen molar-refractivity contribution in [2.75, 3.05) is 11.9 Å². The van der Waals surface area contributed by atoms with Crippen LogP contribution >= 0.6 is 0 Å². The molecule has 1 heterocycles. The molecule has 8 heteroatoms. The number of nitrogens with zero attached hydrogens (tertiary/aromatic N) is 3. The van der Waals surface area contributed by atoms with Crippen LogP contribution in [0.4, 0.5) is 19.0 Å². The quantitative estimate of drug-likeness (QED) is 0.885. The molecule has 5 nitrogen and oxygen atoms in total. The van der Waals surface area contributed by atoms with E-state index in [2.05, 4.69) is 20.3 Å². The molecule has 0 spiro atoms. The molecule has 0 amide bonds. The van der Waals surface area contributed by atoms with Crippen LogP contribution in [0.5, 0.6) is 0 Å². The van der Waals surface area contributed by atoms with Gasteiger partial charge in [0.2, 0.25) is 0 Å². The number of hydrogen-bond donors (Lipinski definition) is 1. The highest BCUT2D eigenvalue weighted by Crippen LogP contribution is 2.16. The van der Waals surface area contributed by atoms with Crippen molar-refractivity contribution in [1.29, 1.82) is 5.26 Å². The van der Waals surface area contributed by atoms with Gasteiger partial charge in [0.15, 0.2) is 5.69 Å². The Hall–Kier alpha value is -2.66. The molecule has 0 aliphatic carbocycles. The Morgan fingerprint density at radius 3 is 2.57 bits per heavy atom. The van der Waals surface area contributed by atoms with Gasteiger partial charge < -0.3 is 10.1 Å². The predicted molar refractivity (Wildman–Crippen MR) is 76.2 cm³/mol. The number of anilines is 1. The van der Waals surface area contributed by atoms with E-state index in [4.69, 9.17) is 5.26 Å². The van der Waals surface area contributed by atoms with Crippen molar-refractivity contribution in [3.8, 4) is 6.07 Å². The second kappa shape index (κ2) is 7.56. The van der Waals surface area contributed by atoms with Gasteiger partial charge in [-0.2, -0.15) is 18.4 Å². The summed E-state index contributed by atoms with van der Waals surface area (Å²) in [6.07, 6.45) is -4.33. The lowest BCUT2D eigenvalue weighted by Gasteiger charge is -2.09. The van der Waals surface area contributed by atoms with Gasteiger partial charge >= 0.3 is 6.18 Å². The van der Waals surface area contributed by atoms with E-state index in [0.29, 0.717) is 17.9 Å². The molecule has 2 aromatic rings. The van der Waals surface area contributed by atoms with Crippen LogP contribution in [0.15, 0.2) is 36.4 Å². The van der Waals surface area contributed by atoms with Gasteiger partial charge in [0.25, 0.3) is 0 Å². The number of nitrogens with one attached hydrogen (secondary N) is 1. The molecule has 1 aromatic carbocycles. The van der Waals surface area contributed by atoms with Gasteiger partial charge in [0, 0.05) is 6.54 Å². The van der Waals surface area contributed by atoms with E-state index in [-0.39, 0.29) is 12.3 Å². The Morgan fingerprint density at radius 2 is 1.91 bits per heavy atom. The fourth-order valence-electron chi connectivity index (χ4n) is 1.79. The topological polar surface area (TPSA) is 70.8 Å². The van der Waals surface area contributed by atoms with Crippen LogP contribution in [0.1, 0.15) is 16.8 Å². The molecule has 0 radical (unpaired) electrons. The van der Waals surface area contributed by atoms with Crippen LogP contribution in [-0.2, 0) is 17.9 Å². The highest BCUT2D eigenvalue weighted by atomic mass is 19.4. The first-order valence-electron chi connectivity index (χ1n) is 6.66. The average Bonchev–Trinajstić information content (AvgIpc) is 2.53. The van der Waals surface area contributed by atoms with Crippen LogP contribution in [0.3, 0.4) is 0 Å². The number of aromatic nitrogens is 2. The Bertz CT molecular complexity index is 680. The maximum Gasteiger partial charge on any atom is 0.411 e. The van der Waals surface area contributed by atoms with Gasteiger partial charge in [-0.3, -0.25) is 0 Å². The fourth-order valence-corrected chi connectivity index (χ4v) is 1.79. The van der Waals surface area contributed by atoms with Crippen molar-refractivity contribution in [1.82, 2.24) is 10.2 Å². The summed E-state index contributed by atoms with van der Waals surface area (Å²) in [6.45, 7) is -0.950. The van der Waals surface area contributed by atoms with Crippen LogP contribution in [0.25, 0.3) is 0 Å². The predicted octanol–water partition coefficient (Wildman–Crippen LogP) is 3.04. The molecule has 0 saturated carbocycles. The Kier molecular flexibility index (Phi) is 5.49. The molecule has 0 aliphatic rings. The largest absolute Gasteiger partial charge is 0.411 e. The monoisotopic (exact) mass is 322 g/mol. The van der Waals surface area contributed by atoms with Gasteiger partial charge in [-0.1, -0.05) is 24.3 Å². The normalized spacial score (nSPS) is 11.0. The van der Waals surface area contributed by atoms with E-state index >= 15 is 0 Å². The third-order valence-electron chi connectivity index (χ3n) is 2.78. The van der Waals surface area contributed by atoms with Gasteiger partial charge in [0.05, 0.1) is 6.61 Å². The van der Waals surface area contributed by atoms with Crippen molar-refractivity contribution < 1.29 is 17.9 Å². The summed E-state index contributed by atoms with van der Waals surface area (Å²) in [5, 5.41) is 19.2. The number of hydrogen-bond acceptors (Lipinski definition) is 5. The van der Waals surface area contributed by atoms with Crippen LogP contribution in [0.2, 0.25) is 0 Å². The second-order valence-electron chi connectivity index (χ2n) is 4.70. The summed E-state index contributed by atoms with van der Waals surface area (Å²) in [5.74, 6) is 0.503. The van der Waals surface area contributed by atoms with Crippen molar-refractivity contribution in [2.45, 2.75) is 19.3 Å². The maximum absolute atomic E-state index is 12.0. The number of alkyl halides is 3. The minimum Gasteiger partial charge on any atom is -0.367 e. The molecule has 2 rings (SSSR count). The van der Waals surface area contributed by atoms with E-state index in [0.717, 1.165) is 5.56 Å². The Morgan fingerprint density at radius 1 is 1.13 bits per heavy atom. The molecule has 0 aliphatic heterocycles. The lowest BCUT2D eigenvalue weighted by Crippen LogP contribution is -2.16. The molecule has 23 heavy (non-hydrogen) atoms. The van der Waals surface area contributed by atoms with Crippen molar-refractivity contribution in [3.05, 3.63) is 53.2 Å². The summed E-state index contributed by atoms with van der Waals surface area (Å²) in [4.78, 5) is 0. The summed E-state index contributed by atoms with van der Waals surface area (Å²) < 4.78 is 40.7. The molecule has 1 aromatic heterocycles. The highest BCUT2D eigenvalue weighted by Gasteiger charge is 2.27. The molecule has 1 N–H and O–H groups in total. The Labute approximate surface area is 130 Å². The molecule has 120 valence electrons. The molecule has 0 atom stereocenters. The maximum atomic E-state index is 12.0. The van der Waals surface area contributed by atoms with Gasteiger partial charge in [0.1, 0.15) is 18.5 Å². The minimum atomic E-state index is -4.33. The summed E-state index contributed by atoms with van der Waals surface area (Å²) >= 11 is 0. The lowest BCUT2D eigenvalue weighted by molar-refractivity contribution is -0.176. The lowest BCUT2D eigenvalue weighted by atomic mass is 10.1. The summed E-state index contributed by atoms with van der Waals surface area (Å²) in [5.41, 5.74) is 1.74. The molecule has 0 saturated heterocycles. The minimum absolute atomic E-state index is 0.107. The van der Waals surface area contributed by atoms with Crippen LogP contribution in [-0.4, -0.2) is 23.0 Å². The fraction of sp³-hybridized carbons (Fsp3) is 0.267. The molecular weight excluding hydrogens is 309 g/mol. The van der Waals surface area contributed by atoms with Crippen LogP contribution in [0, 0.1) is 11.3 Å². The molecule has 0 bridgehead atoms. The third kappa shape index (κ3) is 5.92. The van der Waals surface area contributed by atoms with E-state index < -0.39 is 12.8 Å². The van der Waals surface area contributed by atoms with Crippen molar-refractivity contribution in [3.63, 3.8) is 0 Å². The third-order valence-corrected chi connectivity index (χ3v) is 2.78. The zero-order valence-electron chi connectivity index (χ0n) is 12.0. The SMILES string of the molecule is N#Cc1ccc(NCc2cccc(COCC(F)(F)F)c2)nn1. The first-order valence-corrected chi connectivity index (χ1v) is 6.66. The van der Waals surface area contributed by atoms with E-state index in [9.17, 15) is 13.2 Å². The highest BCUT2D eigenvalue weighted by molar-refractivity contribution is 5.36. The van der Waals surface area contributed by atoms with Gasteiger partial charge in [-0.15, -0.1) is 10.2 Å². The number of halogens is 3. The summed E-state index contributed by atoms with van der Waals surface area (Å²) in [7, 11) is 0. The molecule has 0 unspecified atom stereocenters. The standard InChI is InChI=1S/C15H13F3N4O/c16-15(17,18)10-23-9-12-3-1-2-11(6-12)8-20-14-5-4-13(7-19)21-22-14/h1-6H,8-10H2,(H,20,22). The summed E-state index contributed by atoms with van der Waals surface area (Å²) in [6, 6.07) is 12.1. The molecular formula is C15H13F3N4O. The smallest absolute Gasteiger partial charge is 0.367 e.